The van der Waals surface area contributed by atoms with Gasteiger partial charge in [0.05, 0.1) is 12.1 Å². The lowest BCUT2D eigenvalue weighted by atomic mass is 9.93. The van der Waals surface area contributed by atoms with E-state index < -0.39 is 0 Å². The molecule has 7 nitrogen and oxygen atoms in total. The highest BCUT2D eigenvalue weighted by molar-refractivity contribution is 5.80. The number of hydrogen-bond donors (Lipinski definition) is 2. The predicted octanol–water partition coefficient (Wildman–Crippen LogP) is 0.996. The highest BCUT2D eigenvalue weighted by Crippen LogP contribution is 2.25. The molecule has 2 heterocycles. The maximum absolute atomic E-state index is 11.6. The van der Waals surface area contributed by atoms with Crippen LogP contribution in [0.4, 0.5) is 0 Å². The van der Waals surface area contributed by atoms with Crippen molar-refractivity contribution < 1.29 is 14.3 Å². The van der Waals surface area contributed by atoms with Crippen molar-refractivity contribution in [2.75, 3.05) is 53.6 Å². The number of carbonyl (C=O) groups excluding carboxylic acids is 1. The van der Waals surface area contributed by atoms with E-state index in [0.29, 0.717) is 18.9 Å². The van der Waals surface area contributed by atoms with Gasteiger partial charge >= 0.3 is 0 Å². The van der Waals surface area contributed by atoms with Gasteiger partial charge in [0.15, 0.2) is 5.96 Å². The molecule has 0 aromatic carbocycles. The van der Waals surface area contributed by atoms with Crippen molar-refractivity contribution in [2.45, 2.75) is 44.6 Å². The largest absolute Gasteiger partial charge is 0.381 e. The summed E-state index contributed by atoms with van der Waals surface area (Å²) in [7, 11) is 3.48. The Bertz CT molecular complexity index is 442. The number of carbonyl (C=O) groups is 1. The minimum atomic E-state index is -0.198. The first-order valence-corrected chi connectivity index (χ1v) is 9.49. The molecular formula is C18H34N4O3. The molecule has 0 aromatic rings. The number of aliphatic imine (C=N–C) groups is 1. The third kappa shape index (κ3) is 5.85. The number of nitrogens with zero attached hydrogens (tertiary/aromatic N) is 2. The molecule has 2 N–H and O–H groups in total. The Hall–Kier alpha value is -1.34. The smallest absolute Gasteiger partial charge is 0.220 e. The predicted molar refractivity (Wildman–Crippen MR) is 98.8 cm³/mol. The second-order valence-electron chi connectivity index (χ2n) is 6.98. The molecule has 1 amide bonds. The molecule has 0 spiro atoms. The van der Waals surface area contributed by atoms with Crippen LogP contribution < -0.4 is 10.6 Å². The van der Waals surface area contributed by atoms with Crippen LogP contribution in [0.3, 0.4) is 0 Å². The molecule has 0 aromatic heterocycles. The van der Waals surface area contributed by atoms with E-state index in [2.05, 4.69) is 22.5 Å². The minimum absolute atomic E-state index is 0.139. The highest BCUT2D eigenvalue weighted by Gasteiger charge is 2.33. The van der Waals surface area contributed by atoms with Crippen molar-refractivity contribution in [2.24, 2.45) is 10.9 Å². The van der Waals surface area contributed by atoms with Crippen molar-refractivity contribution in [3.63, 3.8) is 0 Å². The third-order valence-electron chi connectivity index (χ3n) is 5.36. The van der Waals surface area contributed by atoms with E-state index in [4.69, 9.17) is 14.5 Å². The molecule has 0 radical (unpaired) electrons. The number of rotatable bonds is 6. The summed E-state index contributed by atoms with van der Waals surface area (Å²) < 4.78 is 11.3. The van der Waals surface area contributed by atoms with Crippen LogP contribution in [0.5, 0.6) is 0 Å². The average Bonchev–Trinajstić information content (AvgIpc) is 2.66. The van der Waals surface area contributed by atoms with E-state index in [0.717, 1.165) is 64.5 Å². The quantitative estimate of drug-likeness (QED) is 0.550. The Balaban J connectivity index is 1.92. The first-order valence-electron chi connectivity index (χ1n) is 9.49. The number of hydrogen-bond acceptors (Lipinski definition) is 4. The molecule has 2 saturated heterocycles. The Labute approximate surface area is 151 Å². The Morgan fingerprint density at radius 3 is 2.56 bits per heavy atom. The summed E-state index contributed by atoms with van der Waals surface area (Å²) >= 11 is 0. The van der Waals surface area contributed by atoms with Crippen LogP contribution in [0.25, 0.3) is 0 Å². The summed E-state index contributed by atoms with van der Waals surface area (Å²) in [5, 5.41) is 6.13. The number of ether oxygens (including phenoxy) is 2. The molecule has 2 rings (SSSR count). The average molecular weight is 354 g/mol. The van der Waals surface area contributed by atoms with E-state index in [1.54, 1.807) is 14.2 Å². The van der Waals surface area contributed by atoms with Gasteiger partial charge in [-0.2, -0.15) is 0 Å². The van der Waals surface area contributed by atoms with Crippen molar-refractivity contribution in [1.82, 2.24) is 15.5 Å². The Morgan fingerprint density at radius 1 is 1.32 bits per heavy atom. The number of nitrogens with one attached hydrogen (secondary N) is 2. The van der Waals surface area contributed by atoms with Gasteiger partial charge in [0.1, 0.15) is 0 Å². The second-order valence-corrected chi connectivity index (χ2v) is 6.98. The molecule has 2 fully saturated rings. The normalized spacial score (nSPS) is 21.9. The summed E-state index contributed by atoms with van der Waals surface area (Å²) in [4.78, 5) is 18.7. The maximum atomic E-state index is 11.6. The standard InChI is InChI=1S/C18H34N4O3/c1-4-20-17(21-14-18(24-3)7-11-25-12-8-18)22-9-5-15(6-10-22)13-16(23)19-2/h15H,4-14H2,1-3H3,(H,19,23)(H,20,21). The van der Waals surface area contributed by atoms with Crippen molar-refractivity contribution >= 4 is 11.9 Å². The van der Waals surface area contributed by atoms with Gasteiger partial charge in [-0.1, -0.05) is 0 Å². The van der Waals surface area contributed by atoms with Crippen LogP contribution in [0.2, 0.25) is 0 Å². The summed E-state index contributed by atoms with van der Waals surface area (Å²) in [5.74, 6) is 1.57. The number of likely N-dealkylation sites (tertiary alicyclic amines) is 1. The number of amides is 1. The fourth-order valence-corrected chi connectivity index (χ4v) is 3.53. The van der Waals surface area contributed by atoms with E-state index >= 15 is 0 Å². The van der Waals surface area contributed by atoms with E-state index in [9.17, 15) is 4.79 Å². The summed E-state index contributed by atoms with van der Waals surface area (Å²) in [6, 6.07) is 0. The summed E-state index contributed by atoms with van der Waals surface area (Å²) in [5.41, 5.74) is -0.198. The molecule has 2 aliphatic rings. The lowest BCUT2D eigenvalue weighted by Gasteiger charge is -2.37. The van der Waals surface area contributed by atoms with Crippen molar-refractivity contribution in [3.05, 3.63) is 0 Å². The summed E-state index contributed by atoms with van der Waals surface area (Å²) in [6.07, 6.45) is 4.47. The van der Waals surface area contributed by atoms with Gasteiger partial charge in [-0.3, -0.25) is 9.79 Å². The van der Waals surface area contributed by atoms with E-state index in [1.165, 1.54) is 0 Å². The van der Waals surface area contributed by atoms with Gasteiger partial charge in [-0.05, 0) is 25.7 Å². The summed E-state index contributed by atoms with van der Waals surface area (Å²) in [6.45, 7) is 6.96. The molecule has 2 aliphatic heterocycles. The lowest BCUT2D eigenvalue weighted by Crippen LogP contribution is -2.48. The molecule has 0 aliphatic carbocycles. The zero-order chi connectivity index (χ0) is 18.1. The molecule has 0 saturated carbocycles. The molecule has 0 atom stereocenters. The SMILES string of the molecule is CCNC(=NCC1(OC)CCOCC1)N1CCC(CC(=O)NC)CC1. The number of methoxy groups -OCH3 is 1. The lowest BCUT2D eigenvalue weighted by molar-refractivity contribution is -0.121. The molecule has 25 heavy (non-hydrogen) atoms. The molecule has 0 bridgehead atoms. The minimum Gasteiger partial charge on any atom is -0.381 e. The van der Waals surface area contributed by atoms with Crippen molar-refractivity contribution in [3.8, 4) is 0 Å². The maximum Gasteiger partial charge on any atom is 0.220 e. The second kappa shape index (κ2) is 9.97. The topological polar surface area (TPSA) is 75.2 Å². The number of guanidine groups is 1. The van der Waals surface area contributed by atoms with Gasteiger partial charge in [-0.15, -0.1) is 0 Å². The first kappa shape index (κ1) is 20.0. The Morgan fingerprint density at radius 2 is 2.00 bits per heavy atom. The zero-order valence-electron chi connectivity index (χ0n) is 16.0. The van der Waals surface area contributed by atoms with Crippen LogP contribution in [0, 0.1) is 5.92 Å². The van der Waals surface area contributed by atoms with Gasteiger partial charge in [0.2, 0.25) is 5.91 Å². The Kier molecular flexibility index (Phi) is 7.96. The van der Waals surface area contributed by atoms with Crippen LogP contribution in [0.15, 0.2) is 4.99 Å². The van der Waals surface area contributed by atoms with Crippen LogP contribution in [0.1, 0.15) is 39.0 Å². The zero-order valence-corrected chi connectivity index (χ0v) is 16.0. The van der Waals surface area contributed by atoms with Crippen molar-refractivity contribution in [1.29, 1.82) is 0 Å². The molecule has 0 unspecified atom stereocenters. The van der Waals surface area contributed by atoms with Gasteiger partial charge in [-0.25, -0.2) is 0 Å². The molecular weight excluding hydrogens is 320 g/mol. The van der Waals surface area contributed by atoms with Crippen LogP contribution >= 0.6 is 0 Å². The fourth-order valence-electron chi connectivity index (χ4n) is 3.53. The first-order chi connectivity index (χ1) is 12.1. The third-order valence-corrected chi connectivity index (χ3v) is 5.36. The molecule has 144 valence electrons. The van der Waals surface area contributed by atoms with Gasteiger partial charge < -0.3 is 25.0 Å². The van der Waals surface area contributed by atoms with E-state index in [-0.39, 0.29) is 11.5 Å². The monoisotopic (exact) mass is 354 g/mol. The van der Waals surface area contributed by atoms with E-state index in [1.807, 2.05) is 0 Å². The highest BCUT2D eigenvalue weighted by atomic mass is 16.5. The molecule has 7 heteroatoms. The van der Waals surface area contributed by atoms with Gasteiger partial charge in [0.25, 0.3) is 0 Å². The van der Waals surface area contributed by atoms with Crippen LogP contribution in [-0.4, -0.2) is 75.9 Å². The van der Waals surface area contributed by atoms with Gasteiger partial charge in [0, 0.05) is 66.3 Å². The number of piperidine rings is 1. The fraction of sp³-hybridized carbons (Fsp3) is 0.889. The van der Waals surface area contributed by atoms with Crippen LogP contribution in [-0.2, 0) is 14.3 Å².